The largest absolute Gasteiger partial charge is 0.496 e. The van der Waals surface area contributed by atoms with Crippen molar-refractivity contribution in [3.63, 3.8) is 0 Å². The predicted molar refractivity (Wildman–Crippen MR) is 137 cm³/mol. The molecule has 0 aromatic heterocycles. The minimum Gasteiger partial charge on any atom is -0.496 e. The van der Waals surface area contributed by atoms with Crippen LogP contribution >= 0.6 is 0 Å². The molecule has 4 rings (SSSR count). The lowest BCUT2D eigenvalue weighted by atomic mass is 9.49. The normalized spacial score (nSPS) is 24.1. The van der Waals surface area contributed by atoms with Crippen LogP contribution < -0.4 is 4.74 Å². The fourth-order valence-corrected chi connectivity index (χ4v) is 4.73. The second-order valence-electron chi connectivity index (χ2n) is 11.5. The lowest BCUT2D eigenvalue weighted by molar-refractivity contribution is 0.00578. The second kappa shape index (κ2) is 8.70. The highest BCUT2D eigenvalue weighted by molar-refractivity contribution is 6.55. The lowest BCUT2D eigenvalue weighted by Gasteiger charge is -2.32. The van der Waals surface area contributed by atoms with Crippen LogP contribution in [-0.4, -0.2) is 43.8 Å². The van der Waals surface area contributed by atoms with E-state index in [0.29, 0.717) is 0 Å². The molecule has 0 radical (unpaired) electrons. The topological polar surface area (TPSA) is 46.2 Å². The average molecular weight is 464 g/mol. The van der Waals surface area contributed by atoms with E-state index in [9.17, 15) is 0 Å². The highest BCUT2D eigenvalue weighted by atomic mass is 16.7. The van der Waals surface area contributed by atoms with E-state index in [0.717, 1.165) is 16.9 Å². The number of hydrogen-bond donors (Lipinski definition) is 0. The molecule has 2 fully saturated rings. The van der Waals surface area contributed by atoms with Gasteiger partial charge < -0.3 is 23.4 Å². The first-order chi connectivity index (χ1) is 15.8. The fraction of sp³-hybridized carbons (Fsp3) is 0.556. The summed E-state index contributed by atoms with van der Waals surface area (Å²) in [4.78, 5) is 0. The van der Waals surface area contributed by atoms with Crippen LogP contribution in [0.25, 0.3) is 0 Å². The van der Waals surface area contributed by atoms with Crippen LogP contribution in [0.15, 0.2) is 54.6 Å². The van der Waals surface area contributed by atoms with Gasteiger partial charge in [-0.1, -0.05) is 48.5 Å². The Kier molecular flexibility index (Phi) is 6.48. The van der Waals surface area contributed by atoms with Gasteiger partial charge in [-0.2, -0.15) is 0 Å². The smallest absolute Gasteiger partial charge is 0.466 e. The van der Waals surface area contributed by atoms with Gasteiger partial charge in [0, 0.05) is 11.6 Å². The van der Waals surface area contributed by atoms with E-state index in [-0.39, 0.29) is 11.6 Å². The zero-order valence-corrected chi connectivity index (χ0v) is 22.0. The number of hydrogen-bond acceptors (Lipinski definition) is 5. The number of methoxy groups -OCH3 is 1. The first kappa shape index (κ1) is 25.3. The SMILES string of the molecule is COc1ccccc1C(B1OC(C)(C)C(C)(C)O1)C(B1OC(C)(C)C(C)(C)O1)c1ccccc1. The molecule has 182 valence electrons. The second-order valence-corrected chi connectivity index (χ2v) is 11.5. The summed E-state index contributed by atoms with van der Waals surface area (Å²) < 4.78 is 32.4. The zero-order chi connectivity index (χ0) is 24.9. The summed E-state index contributed by atoms with van der Waals surface area (Å²) in [6.45, 7) is 16.7. The van der Waals surface area contributed by atoms with Gasteiger partial charge in [-0.15, -0.1) is 0 Å². The molecule has 2 aliphatic rings. The Morgan fingerprint density at radius 2 is 1.00 bits per heavy atom. The van der Waals surface area contributed by atoms with E-state index >= 15 is 0 Å². The third kappa shape index (κ3) is 4.32. The van der Waals surface area contributed by atoms with Crippen molar-refractivity contribution >= 4 is 14.2 Å². The molecule has 2 aliphatic heterocycles. The molecular weight excluding hydrogens is 426 g/mol. The molecule has 0 saturated carbocycles. The molecule has 34 heavy (non-hydrogen) atoms. The Bertz CT molecular complexity index is 973. The molecule has 0 N–H and O–H groups in total. The molecule has 2 unspecified atom stereocenters. The van der Waals surface area contributed by atoms with E-state index in [4.69, 9.17) is 23.4 Å². The molecule has 0 aliphatic carbocycles. The highest BCUT2D eigenvalue weighted by Gasteiger charge is 2.61. The van der Waals surface area contributed by atoms with Crippen LogP contribution in [0.2, 0.25) is 0 Å². The number of rotatable bonds is 6. The van der Waals surface area contributed by atoms with Gasteiger partial charge in [-0.3, -0.25) is 0 Å². The maximum absolute atomic E-state index is 6.66. The molecular formula is C27H38B2O5. The van der Waals surface area contributed by atoms with E-state index in [1.807, 2.05) is 24.3 Å². The summed E-state index contributed by atoms with van der Waals surface area (Å²) in [6.07, 6.45) is 0. The minimum absolute atomic E-state index is 0.201. The van der Waals surface area contributed by atoms with Gasteiger partial charge in [0.2, 0.25) is 0 Å². The number of para-hydroxylation sites is 1. The average Bonchev–Trinajstić information content (AvgIpc) is 3.11. The third-order valence-electron chi connectivity index (χ3n) is 8.20. The number of benzene rings is 2. The molecule has 0 amide bonds. The van der Waals surface area contributed by atoms with Gasteiger partial charge in [-0.25, -0.2) is 0 Å². The summed E-state index contributed by atoms with van der Waals surface area (Å²) in [5.41, 5.74) is 0.223. The van der Waals surface area contributed by atoms with Crippen molar-refractivity contribution in [2.24, 2.45) is 0 Å². The molecule has 2 saturated heterocycles. The standard InChI is InChI=1S/C27H38B2O5/c1-24(2)25(3,4)32-28(31-24)22(19-15-11-10-12-16-19)23(20-17-13-14-18-21(20)30-9)29-33-26(5,6)27(7,8)34-29/h10-18,22-23H,1-9H3. The van der Waals surface area contributed by atoms with Crippen LogP contribution in [0.5, 0.6) is 5.75 Å². The summed E-state index contributed by atoms with van der Waals surface area (Å²) >= 11 is 0. The molecule has 2 aromatic carbocycles. The third-order valence-corrected chi connectivity index (χ3v) is 8.20. The summed E-state index contributed by atoms with van der Waals surface area (Å²) in [7, 11) is 0.679. The Morgan fingerprint density at radius 1 is 0.588 bits per heavy atom. The zero-order valence-electron chi connectivity index (χ0n) is 22.0. The maximum Gasteiger partial charge on any atom is 0.466 e. The van der Waals surface area contributed by atoms with Crippen LogP contribution in [0.4, 0.5) is 0 Å². The van der Waals surface area contributed by atoms with Crippen molar-refractivity contribution in [3.05, 3.63) is 65.7 Å². The van der Waals surface area contributed by atoms with Crippen molar-refractivity contribution < 1.29 is 23.4 Å². The summed E-state index contributed by atoms with van der Waals surface area (Å²) in [5.74, 6) is 0.349. The Morgan fingerprint density at radius 3 is 1.47 bits per heavy atom. The molecule has 5 nitrogen and oxygen atoms in total. The van der Waals surface area contributed by atoms with E-state index in [2.05, 4.69) is 85.7 Å². The van der Waals surface area contributed by atoms with Gasteiger partial charge in [0.15, 0.2) is 0 Å². The van der Waals surface area contributed by atoms with Crippen LogP contribution in [-0.2, 0) is 18.6 Å². The van der Waals surface area contributed by atoms with Crippen molar-refractivity contribution in [3.8, 4) is 5.75 Å². The van der Waals surface area contributed by atoms with Gasteiger partial charge >= 0.3 is 14.2 Å². The Labute approximate surface area is 205 Å². The van der Waals surface area contributed by atoms with Crippen LogP contribution in [0.1, 0.15) is 78.2 Å². The van der Waals surface area contributed by atoms with Gasteiger partial charge in [0.25, 0.3) is 0 Å². The fourth-order valence-electron chi connectivity index (χ4n) is 4.73. The first-order valence-corrected chi connectivity index (χ1v) is 12.2. The lowest BCUT2D eigenvalue weighted by Crippen LogP contribution is -2.41. The molecule has 2 heterocycles. The Balaban J connectivity index is 1.89. The van der Waals surface area contributed by atoms with Crippen LogP contribution in [0, 0.1) is 0 Å². The van der Waals surface area contributed by atoms with Crippen molar-refractivity contribution in [1.29, 1.82) is 0 Å². The molecule has 0 bridgehead atoms. The molecule has 7 heteroatoms. The van der Waals surface area contributed by atoms with Crippen molar-refractivity contribution in [2.45, 2.75) is 89.4 Å². The van der Waals surface area contributed by atoms with Crippen LogP contribution in [0.3, 0.4) is 0 Å². The first-order valence-electron chi connectivity index (χ1n) is 12.2. The summed E-state index contributed by atoms with van der Waals surface area (Å²) in [5, 5.41) is 0. The monoisotopic (exact) mass is 464 g/mol. The summed E-state index contributed by atoms with van der Waals surface area (Å²) in [6, 6.07) is 18.5. The molecule has 2 aromatic rings. The van der Waals surface area contributed by atoms with E-state index < -0.39 is 36.6 Å². The maximum atomic E-state index is 6.66. The van der Waals surface area contributed by atoms with E-state index in [1.165, 1.54) is 0 Å². The van der Waals surface area contributed by atoms with E-state index in [1.54, 1.807) is 7.11 Å². The highest BCUT2D eigenvalue weighted by Crippen LogP contribution is 2.51. The minimum atomic E-state index is -0.523. The quantitative estimate of drug-likeness (QED) is 0.504. The van der Waals surface area contributed by atoms with Crippen molar-refractivity contribution in [1.82, 2.24) is 0 Å². The molecule has 0 spiro atoms. The number of ether oxygens (including phenoxy) is 1. The van der Waals surface area contributed by atoms with Crippen molar-refractivity contribution in [2.75, 3.05) is 7.11 Å². The van der Waals surface area contributed by atoms with Gasteiger partial charge in [-0.05, 0) is 72.6 Å². The van der Waals surface area contributed by atoms with Gasteiger partial charge in [0.05, 0.1) is 29.5 Å². The molecule has 2 atom stereocenters. The predicted octanol–water partition coefficient (Wildman–Crippen LogP) is 5.83. The van der Waals surface area contributed by atoms with Gasteiger partial charge in [0.1, 0.15) is 5.75 Å². The Hall–Kier alpha value is -1.79.